The van der Waals surface area contributed by atoms with Crippen LogP contribution in [0, 0.1) is 0 Å². The van der Waals surface area contributed by atoms with Crippen LogP contribution >= 0.6 is 22.7 Å². The lowest BCUT2D eigenvalue weighted by Gasteiger charge is -2.27. The summed E-state index contributed by atoms with van der Waals surface area (Å²) in [7, 11) is 0. The predicted octanol–water partition coefficient (Wildman–Crippen LogP) is 3.19. The second kappa shape index (κ2) is 4.61. The summed E-state index contributed by atoms with van der Waals surface area (Å²) in [5.41, 5.74) is -0.112. The Hall–Kier alpha value is -0.780. The van der Waals surface area contributed by atoms with Crippen molar-refractivity contribution in [3.05, 3.63) is 33.2 Å². The zero-order valence-electron chi connectivity index (χ0n) is 9.60. The first kappa shape index (κ1) is 11.7. The van der Waals surface area contributed by atoms with Crippen LogP contribution in [0.1, 0.15) is 36.8 Å². The molecule has 1 N–H and O–H groups in total. The summed E-state index contributed by atoms with van der Waals surface area (Å²) in [5, 5.41) is 9.79. The van der Waals surface area contributed by atoms with Crippen LogP contribution in [0.5, 0.6) is 0 Å². The number of hydrogen-bond acceptors (Lipinski definition) is 5. The van der Waals surface area contributed by atoms with Gasteiger partial charge in [-0.1, -0.05) is 0 Å². The van der Waals surface area contributed by atoms with E-state index >= 15 is 0 Å². The third-order valence-corrected chi connectivity index (χ3v) is 4.42. The molecule has 1 atom stereocenters. The summed E-state index contributed by atoms with van der Waals surface area (Å²) in [4.78, 5) is 8.68. The maximum atomic E-state index is 4.36. The van der Waals surface area contributed by atoms with Gasteiger partial charge in [-0.3, -0.25) is 5.32 Å². The molecule has 0 aliphatic heterocycles. The fourth-order valence-electron chi connectivity index (χ4n) is 1.65. The van der Waals surface area contributed by atoms with Gasteiger partial charge in [-0.05, 0) is 20.8 Å². The molecular weight excluding hydrogens is 238 g/mol. The van der Waals surface area contributed by atoms with E-state index in [1.807, 2.05) is 23.2 Å². The number of rotatable bonds is 4. The highest BCUT2D eigenvalue weighted by molar-refractivity contribution is 7.10. The van der Waals surface area contributed by atoms with Gasteiger partial charge in [-0.2, -0.15) is 0 Å². The van der Waals surface area contributed by atoms with Gasteiger partial charge in [0.05, 0.1) is 11.6 Å². The van der Waals surface area contributed by atoms with E-state index in [0.717, 1.165) is 10.0 Å². The quantitative estimate of drug-likeness (QED) is 0.909. The van der Waals surface area contributed by atoms with Gasteiger partial charge >= 0.3 is 0 Å². The molecule has 2 aromatic heterocycles. The molecule has 0 spiro atoms. The van der Waals surface area contributed by atoms with E-state index in [1.165, 1.54) is 0 Å². The summed E-state index contributed by atoms with van der Waals surface area (Å²) in [6.45, 7) is 6.43. The van der Waals surface area contributed by atoms with Crippen LogP contribution in [0.4, 0.5) is 0 Å². The van der Waals surface area contributed by atoms with Gasteiger partial charge in [0.15, 0.2) is 0 Å². The molecule has 16 heavy (non-hydrogen) atoms. The molecule has 0 saturated heterocycles. The lowest BCUT2D eigenvalue weighted by Crippen LogP contribution is -2.38. The van der Waals surface area contributed by atoms with E-state index in [9.17, 15) is 0 Å². The number of nitrogens with zero attached hydrogens (tertiary/aromatic N) is 2. The highest BCUT2D eigenvalue weighted by Gasteiger charge is 2.26. The lowest BCUT2D eigenvalue weighted by atomic mass is 10.1. The normalized spacial score (nSPS) is 13.9. The largest absolute Gasteiger partial charge is 0.297 e. The van der Waals surface area contributed by atoms with Crippen molar-refractivity contribution < 1.29 is 0 Å². The summed E-state index contributed by atoms with van der Waals surface area (Å²) >= 11 is 3.36. The first-order valence-electron chi connectivity index (χ1n) is 5.16. The molecule has 3 nitrogen and oxygen atoms in total. The minimum atomic E-state index is -0.112. The number of thiazole rings is 2. The van der Waals surface area contributed by atoms with Crippen LogP contribution in [-0.2, 0) is 5.54 Å². The molecule has 0 bridgehead atoms. The standard InChI is InChI=1S/C11H15N3S2/c1-8(9-12-4-6-15-9)14-11(2,3)10-13-5-7-16-10/h4-8,14H,1-3H3. The van der Waals surface area contributed by atoms with Crippen molar-refractivity contribution in [3.8, 4) is 0 Å². The van der Waals surface area contributed by atoms with E-state index in [-0.39, 0.29) is 11.6 Å². The molecule has 1 unspecified atom stereocenters. The Bertz CT molecular complexity index is 420. The van der Waals surface area contributed by atoms with Crippen molar-refractivity contribution in [1.29, 1.82) is 0 Å². The predicted molar refractivity (Wildman–Crippen MR) is 68.8 cm³/mol. The fraction of sp³-hybridized carbons (Fsp3) is 0.455. The van der Waals surface area contributed by atoms with Crippen LogP contribution in [-0.4, -0.2) is 9.97 Å². The van der Waals surface area contributed by atoms with Gasteiger partial charge in [0, 0.05) is 23.2 Å². The maximum absolute atomic E-state index is 4.36. The molecule has 0 aliphatic rings. The summed E-state index contributed by atoms with van der Waals surface area (Å²) in [6.07, 6.45) is 3.69. The maximum Gasteiger partial charge on any atom is 0.112 e. The number of nitrogens with one attached hydrogen (secondary N) is 1. The van der Waals surface area contributed by atoms with E-state index in [1.54, 1.807) is 22.7 Å². The fourth-order valence-corrected chi connectivity index (χ4v) is 3.02. The Morgan fingerprint density at radius 2 is 1.88 bits per heavy atom. The minimum absolute atomic E-state index is 0.112. The zero-order chi connectivity index (χ0) is 11.6. The molecule has 0 radical (unpaired) electrons. The molecule has 0 fully saturated rings. The first-order valence-corrected chi connectivity index (χ1v) is 6.92. The minimum Gasteiger partial charge on any atom is -0.297 e. The molecular formula is C11H15N3S2. The third-order valence-electron chi connectivity index (χ3n) is 2.37. The van der Waals surface area contributed by atoms with E-state index in [4.69, 9.17) is 0 Å². The van der Waals surface area contributed by atoms with E-state index < -0.39 is 0 Å². The molecule has 0 aliphatic carbocycles. The van der Waals surface area contributed by atoms with Crippen molar-refractivity contribution in [2.24, 2.45) is 0 Å². The van der Waals surface area contributed by atoms with Gasteiger partial charge < -0.3 is 0 Å². The van der Waals surface area contributed by atoms with Crippen LogP contribution < -0.4 is 5.32 Å². The average molecular weight is 253 g/mol. The molecule has 86 valence electrons. The van der Waals surface area contributed by atoms with Gasteiger partial charge in [0.1, 0.15) is 10.0 Å². The average Bonchev–Trinajstić information content (AvgIpc) is 2.91. The highest BCUT2D eigenvalue weighted by atomic mass is 32.1. The zero-order valence-corrected chi connectivity index (χ0v) is 11.2. The summed E-state index contributed by atoms with van der Waals surface area (Å²) in [5.74, 6) is 0. The van der Waals surface area contributed by atoms with Crippen LogP contribution in [0.15, 0.2) is 23.2 Å². The summed E-state index contributed by atoms with van der Waals surface area (Å²) in [6, 6.07) is 0.249. The molecule has 5 heteroatoms. The van der Waals surface area contributed by atoms with Crippen molar-refractivity contribution in [1.82, 2.24) is 15.3 Å². The number of aromatic nitrogens is 2. The van der Waals surface area contributed by atoms with E-state index in [2.05, 4.69) is 36.1 Å². The van der Waals surface area contributed by atoms with Gasteiger partial charge in [0.2, 0.25) is 0 Å². The van der Waals surface area contributed by atoms with Crippen LogP contribution in [0.25, 0.3) is 0 Å². The third kappa shape index (κ3) is 2.48. The van der Waals surface area contributed by atoms with Crippen molar-refractivity contribution in [3.63, 3.8) is 0 Å². The second-order valence-corrected chi connectivity index (χ2v) is 6.02. The van der Waals surface area contributed by atoms with Gasteiger partial charge in [-0.25, -0.2) is 9.97 Å². The smallest absolute Gasteiger partial charge is 0.112 e. The van der Waals surface area contributed by atoms with Crippen molar-refractivity contribution >= 4 is 22.7 Å². The first-order chi connectivity index (χ1) is 7.59. The molecule has 0 saturated carbocycles. The topological polar surface area (TPSA) is 37.8 Å². The monoisotopic (exact) mass is 253 g/mol. The number of hydrogen-bond donors (Lipinski definition) is 1. The van der Waals surface area contributed by atoms with Crippen molar-refractivity contribution in [2.45, 2.75) is 32.4 Å². The lowest BCUT2D eigenvalue weighted by molar-refractivity contribution is 0.356. The van der Waals surface area contributed by atoms with Gasteiger partial charge in [0.25, 0.3) is 0 Å². The van der Waals surface area contributed by atoms with Gasteiger partial charge in [-0.15, -0.1) is 22.7 Å². The molecule has 2 aromatic rings. The Morgan fingerprint density at radius 3 is 2.44 bits per heavy atom. The molecule has 2 heterocycles. The Kier molecular flexibility index (Phi) is 3.37. The molecule has 0 amide bonds. The van der Waals surface area contributed by atoms with Crippen molar-refractivity contribution in [2.75, 3.05) is 0 Å². The Morgan fingerprint density at radius 1 is 1.19 bits per heavy atom. The Labute approximate surface area is 104 Å². The van der Waals surface area contributed by atoms with Crippen LogP contribution in [0.3, 0.4) is 0 Å². The van der Waals surface area contributed by atoms with Crippen LogP contribution in [0.2, 0.25) is 0 Å². The Balaban J connectivity index is 2.09. The van der Waals surface area contributed by atoms with E-state index in [0.29, 0.717) is 0 Å². The highest BCUT2D eigenvalue weighted by Crippen LogP contribution is 2.26. The molecule has 2 rings (SSSR count). The molecule has 0 aromatic carbocycles. The summed E-state index contributed by atoms with van der Waals surface area (Å²) < 4.78 is 0. The second-order valence-electron chi connectivity index (χ2n) is 4.20. The SMILES string of the molecule is CC(NC(C)(C)c1nccs1)c1nccs1.